The fourth-order valence-electron chi connectivity index (χ4n) is 3.08. The lowest BCUT2D eigenvalue weighted by molar-refractivity contribution is -0.131. The predicted octanol–water partition coefficient (Wildman–Crippen LogP) is 2.37. The van der Waals surface area contributed by atoms with Crippen LogP contribution < -0.4 is 0 Å². The van der Waals surface area contributed by atoms with Gasteiger partial charge in [0.2, 0.25) is 11.8 Å². The van der Waals surface area contributed by atoms with Crippen LogP contribution in [0, 0.1) is 5.92 Å². The zero-order valence-corrected chi connectivity index (χ0v) is 16.5. The van der Waals surface area contributed by atoms with Gasteiger partial charge in [0.05, 0.1) is 0 Å². The summed E-state index contributed by atoms with van der Waals surface area (Å²) in [6.45, 7) is 4.26. The summed E-state index contributed by atoms with van der Waals surface area (Å²) < 4.78 is 30.0. The van der Waals surface area contributed by atoms with Crippen LogP contribution in [0.15, 0.2) is 34.9 Å². The van der Waals surface area contributed by atoms with E-state index < -0.39 is 21.3 Å². The number of carbonyl (C=O) groups excluding carboxylic acids is 1. The first kappa shape index (κ1) is 19.5. The van der Waals surface area contributed by atoms with E-state index in [0.717, 1.165) is 18.4 Å². The molecule has 1 aliphatic rings. The van der Waals surface area contributed by atoms with Gasteiger partial charge in [0.1, 0.15) is 11.5 Å². The molecule has 0 spiro atoms. The average Bonchev–Trinajstić information content (AvgIpc) is 3.39. The molecule has 1 saturated carbocycles. The highest BCUT2D eigenvalue weighted by Crippen LogP contribution is 2.35. The van der Waals surface area contributed by atoms with E-state index in [2.05, 4.69) is 10.1 Å². The van der Waals surface area contributed by atoms with E-state index in [-0.39, 0.29) is 17.8 Å². The Balaban J connectivity index is 1.70. The number of amides is 1. The minimum Gasteiger partial charge on any atom is -0.338 e. The molecule has 0 aliphatic heterocycles. The van der Waals surface area contributed by atoms with Gasteiger partial charge in [-0.1, -0.05) is 42.4 Å². The van der Waals surface area contributed by atoms with Gasteiger partial charge < -0.3 is 9.42 Å². The molecule has 1 aromatic carbocycles. The summed E-state index contributed by atoms with van der Waals surface area (Å²) in [5, 5.41) is 3.70. The molecule has 1 atom stereocenters. The maximum absolute atomic E-state index is 12.9. The van der Waals surface area contributed by atoms with E-state index in [1.807, 2.05) is 44.2 Å². The molecule has 8 heteroatoms. The van der Waals surface area contributed by atoms with Gasteiger partial charge in [0, 0.05) is 19.0 Å². The number of benzene rings is 1. The summed E-state index contributed by atoms with van der Waals surface area (Å²) in [5.74, 6) is -0.412. The Hall–Kier alpha value is -2.22. The largest absolute Gasteiger partial charge is 0.338 e. The smallest absolute Gasteiger partial charge is 0.241 e. The first-order chi connectivity index (χ1) is 12.9. The van der Waals surface area contributed by atoms with Crippen molar-refractivity contribution in [3.8, 4) is 0 Å². The Bertz CT molecular complexity index is 875. The SMILES string of the molecule is CCc1noc(CS(=O)(=O)CC(=O)N(Cc2ccccc2)C(C)C2CC2)n1. The summed E-state index contributed by atoms with van der Waals surface area (Å²) in [6.07, 6.45) is 2.72. The summed E-state index contributed by atoms with van der Waals surface area (Å²) in [7, 11) is -3.69. The van der Waals surface area contributed by atoms with Crippen molar-refractivity contribution in [3.05, 3.63) is 47.6 Å². The molecule has 0 radical (unpaired) electrons. The van der Waals surface area contributed by atoms with Gasteiger partial charge in [0.25, 0.3) is 0 Å². The second-order valence-electron chi connectivity index (χ2n) is 7.08. The molecule has 7 nitrogen and oxygen atoms in total. The van der Waals surface area contributed by atoms with Crippen LogP contribution in [0.3, 0.4) is 0 Å². The van der Waals surface area contributed by atoms with Crippen molar-refractivity contribution in [2.24, 2.45) is 5.92 Å². The highest BCUT2D eigenvalue weighted by Gasteiger charge is 2.35. The number of hydrogen-bond donors (Lipinski definition) is 0. The van der Waals surface area contributed by atoms with E-state index >= 15 is 0 Å². The van der Waals surface area contributed by atoms with Gasteiger partial charge in [-0.15, -0.1) is 0 Å². The Labute approximate surface area is 159 Å². The highest BCUT2D eigenvalue weighted by molar-refractivity contribution is 7.91. The first-order valence-electron chi connectivity index (χ1n) is 9.23. The normalized spacial score (nSPS) is 15.5. The van der Waals surface area contributed by atoms with E-state index in [9.17, 15) is 13.2 Å². The van der Waals surface area contributed by atoms with Crippen molar-refractivity contribution in [2.75, 3.05) is 5.75 Å². The zero-order valence-electron chi connectivity index (χ0n) is 15.7. The van der Waals surface area contributed by atoms with E-state index in [4.69, 9.17) is 4.52 Å². The minimum absolute atomic E-state index is 0.0167. The maximum Gasteiger partial charge on any atom is 0.241 e. The molecule has 1 heterocycles. The fourth-order valence-corrected chi connectivity index (χ4v) is 4.21. The monoisotopic (exact) mass is 391 g/mol. The van der Waals surface area contributed by atoms with Crippen molar-refractivity contribution in [1.82, 2.24) is 15.0 Å². The second-order valence-corrected chi connectivity index (χ2v) is 9.14. The highest BCUT2D eigenvalue weighted by atomic mass is 32.2. The standard InChI is InChI=1S/C19H25N3O4S/c1-3-17-20-18(26-21-17)12-27(24,25)13-19(23)22(14(2)16-9-10-16)11-15-7-5-4-6-8-15/h4-8,14,16H,3,9-13H2,1-2H3. The fraction of sp³-hybridized carbons (Fsp3) is 0.526. The molecule has 0 N–H and O–H groups in total. The van der Waals surface area contributed by atoms with E-state index in [1.54, 1.807) is 4.90 Å². The lowest BCUT2D eigenvalue weighted by Gasteiger charge is -2.29. The zero-order chi connectivity index (χ0) is 19.4. The van der Waals surface area contributed by atoms with Gasteiger partial charge in [0.15, 0.2) is 15.7 Å². The van der Waals surface area contributed by atoms with Crippen LogP contribution in [0.2, 0.25) is 0 Å². The summed E-state index contributed by atoms with van der Waals surface area (Å²) in [5.41, 5.74) is 0.986. The third-order valence-corrected chi connectivity index (χ3v) is 6.20. The number of aromatic nitrogens is 2. The van der Waals surface area contributed by atoms with Crippen LogP contribution >= 0.6 is 0 Å². The third kappa shape index (κ3) is 5.38. The summed E-state index contributed by atoms with van der Waals surface area (Å²) in [4.78, 5) is 18.6. The number of rotatable bonds is 9. The molecular formula is C19H25N3O4S. The van der Waals surface area contributed by atoms with Crippen molar-refractivity contribution < 1.29 is 17.7 Å². The van der Waals surface area contributed by atoms with Crippen molar-refractivity contribution in [1.29, 1.82) is 0 Å². The number of carbonyl (C=O) groups is 1. The number of nitrogens with zero attached hydrogens (tertiary/aromatic N) is 3. The topological polar surface area (TPSA) is 93.4 Å². The van der Waals surface area contributed by atoms with E-state index in [1.165, 1.54) is 0 Å². The van der Waals surface area contributed by atoms with Crippen LogP contribution in [-0.2, 0) is 33.4 Å². The minimum atomic E-state index is -3.69. The van der Waals surface area contributed by atoms with Gasteiger partial charge in [-0.05, 0) is 31.2 Å². The van der Waals surface area contributed by atoms with Crippen molar-refractivity contribution in [2.45, 2.75) is 51.4 Å². The Morgan fingerprint density at radius 1 is 1.30 bits per heavy atom. The Morgan fingerprint density at radius 3 is 2.59 bits per heavy atom. The predicted molar refractivity (Wildman–Crippen MR) is 100 cm³/mol. The van der Waals surface area contributed by atoms with Crippen LogP contribution in [0.25, 0.3) is 0 Å². The maximum atomic E-state index is 12.9. The number of sulfone groups is 1. The molecule has 27 heavy (non-hydrogen) atoms. The average molecular weight is 391 g/mol. The van der Waals surface area contributed by atoms with Crippen LogP contribution in [0.5, 0.6) is 0 Å². The molecule has 146 valence electrons. The molecule has 1 fully saturated rings. The van der Waals surface area contributed by atoms with Gasteiger partial charge in [-0.3, -0.25) is 4.79 Å². The molecule has 1 aliphatic carbocycles. The van der Waals surface area contributed by atoms with Crippen molar-refractivity contribution in [3.63, 3.8) is 0 Å². The molecular weight excluding hydrogens is 366 g/mol. The molecule has 0 bridgehead atoms. The van der Waals surface area contributed by atoms with Crippen LogP contribution in [0.4, 0.5) is 0 Å². The lowest BCUT2D eigenvalue weighted by Crippen LogP contribution is -2.42. The van der Waals surface area contributed by atoms with Gasteiger partial charge in [-0.2, -0.15) is 4.98 Å². The molecule has 1 aromatic heterocycles. The third-order valence-electron chi connectivity index (χ3n) is 4.83. The Morgan fingerprint density at radius 2 is 2.00 bits per heavy atom. The van der Waals surface area contributed by atoms with E-state index in [0.29, 0.717) is 24.7 Å². The summed E-state index contributed by atoms with van der Waals surface area (Å²) >= 11 is 0. The Kier molecular flexibility index (Phi) is 5.94. The molecule has 3 rings (SSSR count). The quantitative estimate of drug-likeness (QED) is 0.651. The number of hydrogen-bond acceptors (Lipinski definition) is 6. The second kappa shape index (κ2) is 8.21. The van der Waals surface area contributed by atoms with Crippen LogP contribution in [0.1, 0.15) is 44.0 Å². The molecule has 0 saturated heterocycles. The molecule has 1 amide bonds. The van der Waals surface area contributed by atoms with Crippen molar-refractivity contribution >= 4 is 15.7 Å². The van der Waals surface area contributed by atoms with Crippen LogP contribution in [-0.4, -0.2) is 41.2 Å². The molecule has 1 unspecified atom stereocenters. The summed E-state index contributed by atoms with van der Waals surface area (Å²) in [6, 6.07) is 9.65. The van der Waals surface area contributed by atoms with Gasteiger partial charge >= 0.3 is 0 Å². The lowest BCUT2D eigenvalue weighted by atomic mass is 10.1. The van der Waals surface area contributed by atoms with Gasteiger partial charge in [-0.25, -0.2) is 8.42 Å². The first-order valence-corrected chi connectivity index (χ1v) is 11.1. The molecule has 2 aromatic rings. The number of aryl methyl sites for hydroxylation is 1.